The van der Waals surface area contributed by atoms with Crippen LogP contribution in [-0.4, -0.2) is 53.2 Å². The summed E-state index contributed by atoms with van der Waals surface area (Å²) in [5.74, 6) is -2.73. The summed E-state index contributed by atoms with van der Waals surface area (Å²) in [6.45, 7) is 14.6. The predicted molar refractivity (Wildman–Crippen MR) is 116 cm³/mol. The van der Waals surface area contributed by atoms with Crippen molar-refractivity contribution in [3.05, 3.63) is 24.8 Å². The Bertz CT molecular complexity index is 691. The first-order valence-electron chi connectivity index (χ1n) is 10.0. The average Bonchev–Trinajstić information content (AvgIpc) is 3.32. The van der Waals surface area contributed by atoms with Gasteiger partial charge in [-0.2, -0.15) is 0 Å². The summed E-state index contributed by atoms with van der Waals surface area (Å²) in [5, 5.41) is -0.0302. The summed E-state index contributed by atoms with van der Waals surface area (Å²) in [7, 11) is 1.62. The number of ether oxygens (including phenoxy) is 3. The molecular weight excluding hydrogens is 404 g/mol. The fourth-order valence-corrected chi connectivity index (χ4v) is 4.88. The molecule has 170 valence electrons. The monoisotopic (exact) mass is 440 g/mol. The van der Waals surface area contributed by atoms with E-state index in [1.807, 2.05) is 0 Å². The largest absolute Gasteiger partial charge is 0.468 e. The maximum Gasteiger partial charge on any atom is 0.320 e. The Balaban J connectivity index is 3.05. The van der Waals surface area contributed by atoms with Crippen LogP contribution in [-0.2, 0) is 33.0 Å². The molecule has 0 aliphatic heterocycles. The van der Waals surface area contributed by atoms with Crippen molar-refractivity contribution in [2.75, 3.05) is 21.3 Å². The zero-order chi connectivity index (χ0) is 23.4. The second kappa shape index (κ2) is 9.47. The Morgan fingerprint density at radius 1 is 1.03 bits per heavy atom. The van der Waals surface area contributed by atoms with Gasteiger partial charge in [-0.25, -0.2) is 0 Å². The number of hydrogen-bond donors (Lipinski definition) is 0. The Kier molecular flexibility index (Phi) is 8.24. The van der Waals surface area contributed by atoms with E-state index in [2.05, 4.69) is 49.9 Å². The third-order valence-corrected chi connectivity index (χ3v) is 10.9. The highest BCUT2D eigenvalue weighted by Gasteiger charge is 2.73. The Morgan fingerprint density at radius 2 is 1.57 bits per heavy atom. The second-order valence-electron chi connectivity index (χ2n) is 9.22. The average molecular weight is 441 g/mol. The Labute approximate surface area is 180 Å². The molecule has 0 aromatic rings. The van der Waals surface area contributed by atoms with Gasteiger partial charge in [-0.15, -0.1) is 6.58 Å². The van der Waals surface area contributed by atoms with Crippen LogP contribution >= 0.6 is 0 Å². The van der Waals surface area contributed by atoms with Crippen LogP contribution in [0.4, 0.5) is 0 Å². The number of esters is 3. The van der Waals surface area contributed by atoms with Crippen LogP contribution in [0, 0.1) is 11.3 Å². The number of rotatable bonds is 10. The van der Waals surface area contributed by atoms with Crippen LogP contribution < -0.4 is 0 Å². The lowest BCUT2D eigenvalue weighted by molar-refractivity contribution is -0.158. The van der Waals surface area contributed by atoms with Crippen LogP contribution in [0.3, 0.4) is 0 Å². The molecule has 0 spiro atoms. The van der Waals surface area contributed by atoms with Crippen molar-refractivity contribution in [1.82, 2.24) is 0 Å². The quantitative estimate of drug-likeness (QED) is 0.168. The molecular formula is C22H36O7Si. The molecule has 0 heterocycles. The summed E-state index contributed by atoms with van der Waals surface area (Å²) < 4.78 is 21.0. The third-order valence-electron chi connectivity index (χ3n) is 6.37. The molecule has 1 fully saturated rings. The molecule has 1 saturated carbocycles. The number of hydrogen-bond acceptors (Lipinski definition) is 7. The smallest absolute Gasteiger partial charge is 0.320 e. The van der Waals surface area contributed by atoms with E-state index >= 15 is 0 Å². The first kappa shape index (κ1) is 26.1. The van der Waals surface area contributed by atoms with Gasteiger partial charge < -0.3 is 18.6 Å². The lowest BCUT2D eigenvalue weighted by Gasteiger charge is -2.40. The van der Waals surface area contributed by atoms with E-state index in [9.17, 15) is 14.4 Å². The van der Waals surface area contributed by atoms with E-state index in [1.165, 1.54) is 21.3 Å². The molecule has 7 nitrogen and oxygen atoms in total. The highest BCUT2D eigenvalue weighted by atomic mass is 28.4. The van der Waals surface area contributed by atoms with Gasteiger partial charge in [0.15, 0.2) is 14.2 Å². The summed E-state index contributed by atoms with van der Waals surface area (Å²) in [4.78, 5) is 36.3. The van der Waals surface area contributed by atoms with Crippen molar-refractivity contribution in [2.45, 2.75) is 63.8 Å². The molecule has 30 heavy (non-hydrogen) atoms. The van der Waals surface area contributed by atoms with Crippen molar-refractivity contribution in [1.29, 1.82) is 0 Å². The summed E-state index contributed by atoms with van der Waals surface area (Å²) in [6.07, 6.45) is 6.10. The van der Waals surface area contributed by atoms with Gasteiger partial charge in [0.2, 0.25) is 0 Å². The zero-order valence-corrected chi connectivity index (χ0v) is 20.5. The predicted octanol–water partition coefficient (Wildman–Crippen LogP) is 3.79. The van der Waals surface area contributed by atoms with E-state index in [0.29, 0.717) is 12.8 Å². The minimum absolute atomic E-state index is 0.0302. The second-order valence-corrected chi connectivity index (χ2v) is 13.9. The fourth-order valence-electron chi connectivity index (χ4n) is 3.31. The van der Waals surface area contributed by atoms with E-state index in [1.54, 1.807) is 18.2 Å². The highest BCUT2D eigenvalue weighted by molar-refractivity contribution is 6.74. The molecule has 0 saturated heterocycles. The molecule has 1 aliphatic rings. The van der Waals surface area contributed by atoms with Crippen molar-refractivity contribution >= 4 is 26.2 Å². The Morgan fingerprint density at radius 3 is 1.97 bits per heavy atom. The summed E-state index contributed by atoms with van der Waals surface area (Å²) >= 11 is 0. The van der Waals surface area contributed by atoms with Crippen LogP contribution in [0.5, 0.6) is 0 Å². The summed E-state index contributed by atoms with van der Waals surface area (Å²) in [5.41, 5.74) is -1.67. The van der Waals surface area contributed by atoms with E-state index in [4.69, 9.17) is 9.16 Å². The van der Waals surface area contributed by atoms with E-state index < -0.39 is 37.2 Å². The van der Waals surface area contributed by atoms with Gasteiger partial charge in [0, 0.05) is 0 Å². The van der Waals surface area contributed by atoms with Crippen molar-refractivity contribution in [2.24, 2.45) is 11.3 Å². The van der Waals surface area contributed by atoms with Gasteiger partial charge in [-0.3, -0.25) is 14.4 Å². The van der Waals surface area contributed by atoms with Crippen LogP contribution in [0.1, 0.15) is 40.0 Å². The van der Waals surface area contributed by atoms with Crippen LogP contribution in [0.25, 0.3) is 0 Å². The van der Waals surface area contributed by atoms with E-state index in [-0.39, 0.29) is 17.4 Å². The van der Waals surface area contributed by atoms with Crippen molar-refractivity contribution in [3.63, 3.8) is 0 Å². The van der Waals surface area contributed by atoms with Gasteiger partial charge in [0.1, 0.15) is 5.41 Å². The van der Waals surface area contributed by atoms with Crippen LogP contribution in [0.2, 0.25) is 18.1 Å². The molecule has 1 aliphatic carbocycles. The minimum atomic E-state index is -2.18. The summed E-state index contributed by atoms with van der Waals surface area (Å²) in [6, 6.07) is 0. The van der Waals surface area contributed by atoms with Gasteiger partial charge in [-0.05, 0) is 37.4 Å². The van der Waals surface area contributed by atoms with Gasteiger partial charge in [0.25, 0.3) is 0 Å². The molecule has 8 heteroatoms. The third kappa shape index (κ3) is 5.03. The molecule has 2 atom stereocenters. The topological polar surface area (TPSA) is 88.1 Å². The van der Waals surface area contributed by atoms with Gasteiger partial charge >= 0.3 is 17.9 Å². The SMILES string of the molecule is C=C[C@]1(O[Si](C)(C)C(C)(C)C)C[C@]1(C/C=C/CC(C(=O)OC)C(=O)OC)C(=O)OC. The van der Waals surface area contributed by atoms with Crippen molar-refractivity contribution < 1.29 is 33.0 Å². The lowest BCUT2D eigenvalue weighted by Crippen LogP contribution is -2.46. The molecule has 0 bridgehead atoms. The lowest BCUT2D eigenvalue weighted by atomic mass is 9.96. The normalized spacial score (nSPS) is 23.9. The molecule has 0 unspecified atom stereocenters. The number of methoxy groups -OCH3 is 3. The number of allylic oxidation sites excluding steroid dienone is 2. The first-order chi connectivity index (χ1) is 13.8. The zero-order valence-electron chi connectivity index (χ0n) is 19.5. The van der Waals surface area contributed by atoms with Gasteiger partial charge in [-0.1, -0.05) is 39.0 Å². The first-order valence-corrected chi connectivity index (χ1v) is 12.9. The molecule has 0 N–H and O–H groups in total. The fraction of sp³-hybridized carbons (Fsp3) is 0.682. The molecule has 0 amide bonds. The highest BCUT2D eigenvalue weighted by Crippen LogP contribution is 2.65. The molecule has 0 radical (unpaired) electrons. The van der Waals surface area contributed by atoms with Crippen molar-refractivity contribution in [3.8, 4) is 0 Å². The van der Waals surface area contributed by atoms with Gasteiger partial charge in [0.05, 0.1) is 26.9 Å². The van der Waals surface area contributed by atoms with Crippen LogP contribution in [0.15, 0.2) is 24.8 Å². The minimum Gasteiger partial charge on any atom is -0.468 e. The molecule has 1 rings (SSSR count). The maximum absolute atomic E-state index is 12.7. The number of carbonyl (C=O) groups is 3. The number of carbonyl (C=O) groups excluding carboxylic acids is 3. The Hall–Kier alpha value is -1.93. The maximum atomic E-state index is 12.7. The molecule has 0 aromatic heterocycles. The molecule has 0 aromatic carbocycles. The van der Waals surface area contributed by atoms with E-state index in [0.717, 1.165) is 0 Å². The standard InChI is InChI=1S/C22H36O7Si/c1-10-22(29-30(8,9)20(2,3)4)15-21(22,19(25)28-7)14-12-11-13-16(17(23)26-5)18(24)27-6/h10-12,16H,1,13-15H2,2-9H3/b12-11+/t21-,22+/m1/s1.